The summed E-state index contributed by atoms with van der Waals surface area (Å²) in [5.41, 5.74) is 7.15. The van der Waals surface area contributed by atoms with Crippen LogP contribution in [0.2, 0.25) is 10.0 Å². The highest BCUT2D eigenvalue weighted by Gasteiger charge is 2.25. The van der Waals surface area contributed by atoms with Gasteiger partial charge in [0.2, 0.25) is 0 Å². The maximum absolute atomic E-state index is 12.8. The summed E-state index contributed by atoms with van der Waals surface area (Å²) < 4.78 is 5.74. The third-order valence-corrected chi connectivity index (χ3v) is 6.97. The molecule has 6 nitrogen and oxygen atoms in total. The molecular formula is C23H17Cl2N3O3S. The largest absolute Gasteiger partial charge is 0.457 e. The quantitative estimate of drug-likeness (QED) is 0.349. The van der Waals surface area contributed by atoms with Crippen LogP contribution in [0, 0.1) is 11.3 Å². The van der Waals surface area contributed by atoms with E-state index in [1.54, 1.807) is 30.3 Å². The molecule has 9 heteroatoms. The lowest BCUT2D eigenvalue weighted by molar-refractivity contribution is -0.112. The minimum absolute atomic E-state index is 0.182. The average Bonchev–Trinajstić information content (AvgIpc) is 3.35. The van der Waals surface area contributed by atoms with Gasteiger partial charge in [0, 0.05) is 11.0 Å². The predicted octanol–water partition coefficient (Wildman–Crippen LogP) is 5.84. The van der Waals surface area contributed by atoms with Crippen molar-refractivity contribution < 1.29 is 14.0 Å². The number of rotatable bonds is 5. The molecule has 2 amide bonds. The minimum Gasteiger partial charge on any atom is -0.457 e. The molecule has 0 unspecified atom stereocenters. The van der Waals surface area contributed by atoms with Crippen LogP contribution >= 0.6 is 34.5 Å². The average molecular weight is 486 g/mol. The van der Waals surface area contributed by atoms with E-state index in [-0.39, 0.29) is 11.3 Å². The zero-order valence-electron chi connectivity index (χ0n) is 16.7. The number of hydrogen-bond donors (Lipinski definition) is 2. The Morgan fingerprint density at radius 1 is 1.16 bits per heavy atom. The van der Waals surface area contributed by atoms with Gasteiger partial charge in [-0.1, -0.05) is 29.3 Å². The van der Waals surface area contributed by atoms with E-state index in [1.165, 1.54) is 17.4 Å². The van der Waals surface area contributed by atoms with Crippen molar-refractivity contribution in [3.8, 4) is 17.4 Å². The third kappa shape index (κ3) is 4.30. The number of nitriles is 1. The third-order valence-electron chi connectivity index (χ3n) is 5.13. The van der Waals surface area contributed by atoms with Gasteiger partial charge in [-0.3, -0.25) is 9.59 Å². The molecule has 32 heavy (non-hydrogen) atoms. The number of fused-ring (bicyclic) bond motifs is 1. The maximum Gasteiger partial charge on any atom is 0.267 e. The Hall–Kier alpha value is -3.05. The molecule has 2 heterocycles. The predicted molar refractivity (Wildman–Crippen MR) is 126 cm³/mol. The molecule has 0 radical (unpaired) electrons. The number of anilines is 1. The molecule has 4 rings (SSSR count). The number of benzene rings is 1. The first-order valence-corrected chi connectivity index (χ1v) is 11.4. The van der Waals surface area contributed by atoms with Crippen molar-refractivity contribution in [2.45, 2.75) is 25.7 Å². The number of aryl methyl sites for hydroxylation is 1. The van der Waals surface area contributed by atoms with E-state index in [2.05, 4.69) is 5.32 Å². The molecule has 0 atom stereocenters. The van der Waals surface area contributed by atoms with E-state index in [4.69, 9.17) is 33.4 Å². The fraction of sp³-hybridized carbons (Fsp3) is 0.174. The van der Waals surface area contributed by atoms with E-state index >= 15 is 0 Å². The zero-order chi connectivity index (χ0) is 22.8. The van der Waals surface area contributed by atoms with Crippen LogP contribution in [0.1, 0.15) is 39.4 Å². The molecule has 1 aliphatic rings. The molecule has 1 aliphatic carbocycles. The smallest absolute Gasteiger partial charge is 0.267 e. The summed E-state index contributed by atoms with van der Waals surface area (Å²) in [4.78, 5) is 25.9. The van der Waals surface area contributed by atoms with Gasteiger partial charge < -0.3 is 15.5 Å². The first kappa shape index (κ1) is 22.2. The molecule has 162 valence electrons. The highest BCUT2D eigenvalue weighted by molar-refractivity contribution is 7.17. The number of thiophene rings is 1. The Kier molecular flexibility index (Phi) is 6.38. The normalized spacial score (nSPS) is 13.3. The molecule has 0 spiro atoms. The Bertz CT molecular complexity index is 1280. The van der Waals surface area contributed by atoms with Gasteiger partial charge in [0.05, 0.1) is 21.2 Å². The molecule has 2 aromatic heterocycles. The van der Waals surface area contributed by atoms with Crippen LogP contribution in [-0.2, 0) is 17.6 Å². The van der Waals surface area contributed by atoms with Crippen LogP contribution in [0.3, 0.4) is 0 Å². The Labute approximate surface area is 198 Å². The monoisotopic (exact) mass is 485 g/mol. The number of nitrogens with zero attached hydrogens (tertiary/aromatic N) is 1. The molecule has 3 N–H and O–H groups in total. The van der Waals surface area contributed by atoms with Gasteiger partial charge in [-0.2, -0.15) is 5.26 Å². The summed E-state index contributed by atoms with van der Waals surface area (Å²) in [6, 6.07) is 10.2. The van der Waals surface area contributed by atoms with Gasteiger partial charge in [-0.25, -0.2) is 0 Å². The van der Waals surface area contributed by atoms with E-state index in [1.807, 2.05) is 6.07 Å². The first-order chi connectivity index (χ1) is 15.4. The van der Waals surface area contributed by atoms with Gasteiger partial charge in [-0.15, -0.1) is 11.3 Å². The standard InChI is InChI=1S/C23H17Cl2N3O3S/c24-15-5-3-6-16(25)20(15)17-9-8-13(31-17)10-12(11-26)22(30)28-23-19(21(27)29)14-4-1-2-7-18(14)32-23/h3,5-6,8-10H,1-2,4,7H2,(H2,27,29)(H,28,30)/b12-10+. The van der Waals surface area contributed by atoms with Crippen LogP contribution in [0.15, 0.2) is 40.3 Å². The molecule has 0 saturated heterocycles. The van der Waals surface area contributed by atoms with E-state index in [0.717, 1.165) is 36.1 Å². The van der Waals surface area contributed by atoms with Gasteiger partial charge in [0.1, 0.15) is 28.2 Å². The number of halogens is 2. The molecule has 0 fully saturated rings. The maximum atomic E-state index is 12.8. The lowest BCUT2D eigenvalue weighted by Crippen LogP contribution is -2.19. The highest BCUT2D eigenvalue weighted by atomic mass is 35.5. The summed E-state index contributed by atoms with van der Waals surface area (Å²) >= 11 is 13.8. The topological polar surface area (TPSA) is 109 Å². The summed E-state index contributed by atoms with van der Waals surface area (Å²) in [5, 5.41) is 13.4. The lowest BCUT2D eigenvalue weighted by Gasteiger charge is -2.11. The van der Waals surface area contributed by atoms with E-state index < -0.39 is 11.8 Å². The lowest BCUT2D eigenvalue weighted by atomic mass is 9.95. The van der Waals surface area contributed by atoms with Crippen LogP contribution in [-0.4, -0.2) is 11.8 Å². The van der Waals surface area contributed by atoms with Crippen molar-refractivity contribution in [1.82, 2.24) is 0 Å². The van der Waals surface area contributed by atoms with Crippen molar-refractivity contribution in [3.63, 3.8) is 0 Å². The fourth-order valence-corrected chi connectivity index (χ4v) is 5.55. The van der Waals surface area contributed by atoms with Crippen LogP contribution < -0.4 is 11.1 Å². The number of nitrogens with two attached hydrogens (primary N) is 1. The number of carbonyl (C=O) groups is 2. The zero-order valence-corrected chi connectivity index (χ0v) is 19.0. The van der Waals surface area contributed by atoms with Crippen molar-refractivity contribution >= 4 is 57.4 Å². The second-order valence-electron chi connectivity index (χ2n) is 7.20. The number of carbonyl (C=O) groups excluding carboxylic acids is 2. The van der Waals surface area contributed by atoms with Crippen molar-refractivity contribution in [3.05, 3.63) is 67.7 Å². The SMILES string of the molecule is N#C/C(=C\c1ccc(-c2c(Cl)cccc2Cl)o1)C(=O)Nc1sc2c(c1C(N)=O)CCCC2. The van der Waals surface area contributed by atoms with Gasteiger partial charge in [0.15, 0.2) is 0 Å². The Balaban J connectivity index is 1.61. The molecule has 1 aromatic carbocycles. The fourth-order valence-electron chi connectivity index (χ4n) is 3.67. The molecule has 0 bridgehead atoms. The summed E-state index contributed by atoms with van der Waals surface area (Å²) in [7, 11) is 0. The number of hydrogen-bond acceptors (Lipinski definition) is 5. The number of nitrogens with one attached hydrogen (secondary N) is 1. The minimum atomic E-state index is -0.651. The molecular weight excluding hydrogens is 469 g/mol. The number of amides is 2. The highest BCUT2D eigenvalue weighted by Crippen LogP contribution is 2.38. The van der Waals surface area contributed by atoms with Crippen molar-refractivity contribution in [1.29, 1.82) is 5.26 Å². The van der Waals surface area contributed by atoms with Gasteiger partial charge in [-0.05, 0) is 55.5 Å². The number of furan rings is 1. The molecule has 3 aromatic rings. The van der Waals surface area contributed by atoms with Crippen LogP contribution in [0.25, 0.3) is 17.4 Å². The van der Waals surface area contributed by atoms with Crippen molar-refractivity contribution in [2.24, 2.45) is 5.73 Å². The summed E-state index contributed by atoms with van der Waals surface area (Å²) in [5.74, 6) is -0.549. The van der Waals surface area contributed by atoms with Gasteiger partial charge in [0.25, 0.3) is 11.8 Å². The van der Waals surface area contributed by atoms with E-state index in [0.29, 0.717) is 31.9 Å². The summed E-state index contributed by atoms with van der Waals surface area (Å²) in [6.45, 7) is 0. The van der Waals surface area contributed by atoms with Gasteiger partial charge >= 0.3 is 0 Å². The summed E-state index contributed by atoms with van der Waals surface area (Å²) in [6.07, 6.45) is 4.91. The first-order valence-electron chi connectivity index (χ1n) is 9.80. The molecule has 0 aliphatic heterocycles. The second-order valence-corrected chi connectivity index (χ2v) is 9.12. The number of primary amides is 1. The van der Waals surface area contributed by atoms with Crippen LogP contribution in [0.5, 0.6) is 0 Å². The molecule has 0 saturated carbocycles. The van der Waals surface area contributed by atoms with Crippen LogP contribution in [0.4, 0.5) is 5.00 Å². The Morgan fingerprint density at radius 3 is 2.56 bits per heavy atom. The van der Waals surface area contributed by atoms with E-state index in [9.17, 15) is 14.9 Å². The van der Waals surface area contributed by atoms with Crippen molar-refractivity contribution in [2.75, 3.05) is 5.32 Å². The Morgan fingerprint density at radius 2 is 1.88 bits per heavy atom. The second kappa shape index (κ2) is 9.21.